The Kier molecular flexibility index (Phi) is 10.6. The van der Waals surface area contributed by atoms with Gasteiger partial charge in [0.1, 0.15) is 6.54 Å². The highest BCUT2D eigenvalue weighted by atomic mass is 32.2. The van der Waals surface area contributed by atoms with Crippen molar-refractivity contribution in [2.45, 2.75) is 44.1 Å². The second-order valence-electron chi connectivity index (χ2n) is 10.1. The van der Waals surface area contributed by atoms with Crippen molar-refractivity contribution < 1.29 is 28.9 Å². The second kappa shape index (κ2) is 14.9. The Labute approximate surface area is 259 Å². The van der Waals surface area contributed by atoms with Crippen molar-refractivity contribution in [1.29, 1.82) is 0 Å². The van der Waals surface area contributed by atoms with E-state index in [9.17, 15) is 14.7 Å². The number of urea groups is 1. The molecule has 0 saturated carbocycles. The van der Waals surface area contributed by atoms with E-state index >= 15 is 0 Å². The first-order chi connectivity index (χ1) is 21.4. The molecule has 1 saturated heterocycles. The van der Waals surface area contributed by atoms with Gasteiger partial charge in [-0.2, -0.15) is 4.68 Å². The number of carbonyl (C=O) groups excluding carboxylic acids is 2. The van der Waals surface area contributed by atoms with Crippen molar-refractivity contribution in [2.75, 3.05) is 24.2 Å². The number of nitrogens with zero attached hydrogens (tertiary/aromatic N) is 4. The maximum absolute atomic E-state index is 12.2. The summed E-state index contributed by atoms with van der Waals surface area (Å²) in [6, 6.07) is 24.0. The van der Waals surface area contributed by atoms with Crippen LogP contribution >= 0.6 is 11.8 Å². The van der Waals surface area contributed by atoms with E-state index in [0.717, 1.165) is 22.4 Å². The summed E-state index contributed by atoms with van der Waals surface area (Å²) in [6.45, 7) is 3.77. The number of nitrogens with one attached hydrogen (secondary N) is 2. The molecule has 0 radical (unpaired) electrons. The number of esters is 1. The number of amides is 2. The van der Waals surface area contributed by atoms with Crippen molar-refractivity contribution in [3.8, 4) is 5.69 Å². The van der Waals surface area contributed by atoms with Crippen molar-refractivity contribution in [3.05, 3.63) is 95.6 Å². The number of benzene rings is 3. The lowest BCUT2D eigenvalue weighted by atomic mass is 9.91. The van der Waals surface area contributed by atoms with Crippen LogP contribution in [0.1, 0.15) is 42.9 Å². The molecule has 2 amide bonds. The minimum atomic E-state index is -0.684. The molecule has 13 heteroatoms. The van der Waals surface area contributed by atoms with Gasteiger partial charge in [0.25, 0.3) is 0 Å². The molecule has 44 heavy (non-hydrogen) atoms. The Bertz CT molecular complexity index is 1520. The van der Waals surface area contributed by atoms with Crippen LogP contribution in [0, 0.1) is 5.92 Å². The molecule has 1 aromatic heterocycles. The third kappa shape index (κ3) is 7.80. The van der Waals surface area contributed by atoms with Gasteiger partial charge in [-0.05, 0) is 52.7 Å². The maximum Gasteiger partial charge on any atom is 0.325 e. The van der Waals surface area contributed by atoms with Gasteiger partial charge in [0.15, 0.2) is 6.29 Å². The highest BCUT2D eigenvalue weighted by Gasteiger charge is 2.38. The molecular formula is C31H34N6O6S. The standard InChI is InChI=1S/C31H34N6O6S/c1-3-41-27(39)17-32-30(40)33-24-15-13-23(14-16-24)29-42-26(20(2)28(43-29)22-11-9-21(18-38)10-12-22)19-44-31-34-35-36-37(31)25-7-5-4-6-8-25/h4-16,20,26,28-29,38H,3,17-19H2,1-2H3,(H2,32,33,40)/t20-,26+,28+,29+/m1/s1. The number of para-hydroxylation sites is 1. The molecule has 1 fully saturated rings. The van der Waals surface area contributed by atoms with Crippen LogP contribution in [0.3, 0.4) is 0 Å². The summed E-state index contributed by atoms with van der Waals surface area (Å²) in [5.74, 6) is 0.0344. The third-order valence-electron chi connectivity index (χ3n) is 7.08. The number of rotatable bonds is 11. The van der Waals surface area contributed by atoms with Crippen molar-refractivity contribution in [3.63, 3.8) is 0 Å². The van der Waals surface area contributed by atoms with E-state index < -0.39 is 18.3 Å². The van der Waals surface area contributed by atoms with Crippen LogP contribution < -0.4 is 10.6 Å². The fraction of sp³-hybridized carbons (Fsp3) is 0.323. The van der Waals surface area contributed by atoms with Crippen LogP contribution in [-0.2, 0) is 25.6 Å². The largest absolute Gasteiger partial charge is 0.465 e. The Morgan fingerprint density at radius 3 is 2.43 bits per heavy atom. The highest BCUT2D eigenvalue weighted by Crippen LogP contribution is 2.43. The molecule has 0 spiro atoms. The minimum absolute atomic E-state index is 0.0242. The van der Waals surface area contributed by atoms with E-state index in [2.05, 4.69) is 33.1 Å². The first-order valence-corrected chi connectivity index (χ1v) is 15.2. The Morgan fingerprint density at radius 2 is 1.73 bits per heavy atom. The summed E-state index contributed by atoms with van der Waals surface area (Å²) in [5, 5.41) is 27.6. The molecule has 12 nitrogen and oxygen atoms in total. The van der Waals surface area contributed by atoms with Crippen LogP contribution in [0.25, 0.3) is 5.69 Å². The van der Waals surface area contributed by atoms with Crippen molar-refractivity contribution in [1.82, 2.24) is 25.5 Å². The lowest BCUT2D eigenvalue weighted by molar-refractivity contribution is -0.268. The topological polar surface area (TPSA) is 150 Å². The predicted octanol–water partition coefficient (Wildman–Crippen LogP) is 4.42. The summed E-state index contributed by atoms with van der Waals surface area (Å²) >= 11 is 1.50. The quantitative estimate of drug-likeness (QED) is 0.163. The zero-order chi connectivity index (χ0) is 30.9. The summed E-state index contributed by atoms with van der Waals surface area (Å²) in [5.41, 5.74) is 3.97. The molecule has 230 valence electrons. The number of aliphatic hydroxyl groups excluding tert-OH is 1. The summed E-state index contributed by atoms with van der Waals surface area (Å²) in [6.07, 6.45) is -1.20. The van der Waals surface area contributed by atoms with E-state index in [-0.39, 0.29) is 37.9 Å². The maximum atomic E-state index is 12.2. The summed E-state index contributed by atoms with van der Waals surface area (Å²) in [4.78, 5) is 23.7. The molecule has 0 unspecified atom stereocenters. The number of aliphatic hydroxyl groups is 1. The van der Waals surface area contributed by atoms with Gasteiger partial charge in [-0.25, -0.2) is 4.79 Å². The molecule has 5 rings (SSSR count). The first-order valence-electron chi connectivity index (χ1n) is 14.2. The van der Waals surface area contributed by atoms with Gasteiger partial charge < -0.3 is 30.0 Å². The number of carbonyl (C=O) groups is 2. The lowest BCUT2D eigenvalue weighted by Gasteiger charge is -2.41. The molecule has 3 N–H and O–H groups in total. The summed E-state index contributed by atoms with van der Waals surface area (Å²) < 4.78 is 19.6. The van der Waals surface area contributed by atoms with Gasteiger partial charge in [-0.1, -0.05) is 73.3 Å². The number of aromatic nitrogens is 4. The second-order valence-corrected chi connectivity index (χ2v) is 11.1. The zero-order valence-corrected chi connectivity index (χ0v) is 25.1. The minimum Gasteiger partial charge on any atom is -0.465 e. The zero-order valence-electron chi connectivity index (χ0n) is 24.3. The average molecular weight is 619 g/mol. The number of thioether (sulfide) groups is 1. The van der Waals surface area contributed by atoms with Crippen LogP contribution in [0.4, 0.5) is 10.5 Å². The molecule has 1 aliphatic heterocycles. The van der Waals surface area contributed by atoms with Crippen LogP contribution in [-0.4, -0.2) is 62.3 Å². The number of ether oxygens (including phenoxy) is 3. The number of hydrogen-bond donors (Lipinski definition) is 3. The Morgan fingerprint density at radius 1 is 1.00 bits per heavy atom. The first kappa shape index (κ1) is 31.1. The van der Waals surface area contributed by atoms with Crippen LogP contribution in [0.2, 0.25) is 0 Å². The van der Waals surface area contributed by atoms with Gasteiger partial charge in [0.2, 0.25) is 5.16 Å². The SMILES string of the molecule is CCOC(=O)CNC(=O)Nc1ccc([C@H]2O[C@@H](CSc3nnnn3-c3ccccc3)[C@@H](C)[C@@H](c3ccc(CO)cc3)O2)cc1. The molecule has 0 aliphatic carbocycles. The molecule has 2 heterocycles. The van der Waals surface area contributed by atoms with Crippen molar-refractivity contribution >= 4 is 29.4 Å². The average Bonchev–Trinajstić information content (AvgIpc) is 3.53. The van der Waals surface area contributed by atoms with E-state index in [1.807, 2.05) is 66.7 Å². The van der Waals surface area contributed by atoms with Gasteiger partial charge in [-0.3, -0.25) is 4.79 Å². The van der Waals surface area contributed by atoms with Crippen LogP contribution in [0.5, 0.6) is 0 Å². The van der Waals surface area contributed by atoms with Gasteiger partial charge in [-0.15, -0.1) is 5.10 Å². The Hall–Kier alpha value is -4.30. The van der Waals surface area contributed by atoms with E-state index in [1.165, 1.54) is 11.8 Å². The van der Waals surface area contributed by atoms with E-state index in [1.54, 1.807) is 23.7 Å². The smallest absolute Gasteiger partial charge is 0.325 e. The van der Waals surface area contributed by atoms with Gasteiger partial charge >= 0.3 is 12.0 Å². The Balaban J connectivity index is 1.31. The van der Waals surface area contributed by atoms with E-state index in [0.29, 0.717) is 16.6 Å². The highest BCUT2D eigenvalue weighted by molar-refractivity contribution is 7.99. The third-order valence-corrected chi connectivity index (χ3v) is 8.09. The molecule has 4 atom stereocenters. The van der Waals surface area contributed by atoms with Crippen LogP contribution in [0.15, 0.2) is 84.0 Å². The lowest BCUT2D eigenvalue weighted by Crippen LogP contribution is -2.38. The monoisotopic (exact) mass is 618 g/mol. The fourth-order valence-electron chi connectivity index (χ4n) is 4.73. The van der Waals surface area contributed by atoms with E-state index in [4.69, 9.17) is 14.2 Å². The number of anilines is 1. The number of hydrogen-bond acceptors (Lipinski definition) is 10. The van der Waals surface area contributed by atoms with Crippen molar-refractivity contribution in [2.24, 2.45) is 5.92 Å². The predicted molar refractivity (Wildman–Crippen MR) is 163 cm³/mol. The molecule has 3 aromatic carbocycles. The molecule has 0 bridgehead atoms. The van der Waals surface area contributed by atoms with Gasteiger partial charge in [0, 0.05) is 22.9 Å². The molecular weight excluding hydrogens is 584 g/mol. The van der Waals surface area contributed by atoms with Gasteiger partial charge in [0.05, 0.1) is 31.1 Å². The summed E-state index contributed by atoms with van der Waals surface area (Å²) in [7, 11) is 0. The fourth-order valence-corrected chi connectivity index (χ4v) is 5.78. The molecule has 1 aliphatic rings. The molecule has 4 aromatic rings. The normalized spacial score (nSPS) is 19.7. The number of tetrazole rings is 1.